The van der Waals surface area contributed by atoms with Crippen LogP contribution in [0.4, 0.5) is 0 Å². The number of rotatable bonds is 14. The van der Waals surface area contributed by atoms with Crippen molar-refractivity contribution in [2.45, 2.75) is 183 Å². The van der Waals surface area contributed by atoms with E-state index in [-0.39, 0.29) is 45.2 Å². The molecule has 0 saturated carbocycles. The first kappa shape index (κ1) is 65.8. The number of benzene rings is 1. The number of ether oxygens (including phenoxy) is 3. The van der Waals surface area contributed by atoms with Crippen LogP contribution in [-0.4, -0.2) is 250 Å². The van der Waals surface area contributed by atoms with Crippen LogP contribution < -0.4 is 37.2 Å². The van der Waals surface area contributed by atoms with Crippen LogP contribution in [0.3, 0.4) is 0 Å². The second-order valence-corrected chi connectivity index (χ2v) is 23.1. The highest BCUT2D eigenvalue weighted by Crippen LogP contribution is 2.31. The van der Waals surface area contributed by atoms with Gasteiger partial charge in [-0.25, -0.2) is 4.98 Å². The Balaban J connectivity index is 1.07. The molecule has 16 N–H and O–H groups in total. The minimum absolute atomic E-state index is 0.0657. The van der Waals surface area contributed by atoms with Crippen molar-refractivity contribution in [1.82, 2.24) is 62.0 Å². The van der Waals surface area contributed by atoms with E-state index < -0.39 is 195 Å². The lowest BCUT2D eigenvalue weighted by Gasteiger charge is -2.46. The molecule has 31 nitrogen and oxygen atoms in total. The maximum absolute atomic E-state index is 15.0. The summed E-state index contributed by atoms with van der Waals surface area (Å²) in [6.07, 6.45) is -13.6. The average molecular weight is 1230 g/mol. The van der Waals surface area contributed by atoms with Crippen LogP contribution in [0.25, 0.3) is 10.9 Å². The lowest BCUT2D eigenvalue weighted by Crippen LogP contribution is -2.67. The second kappa shape index (κ2) is 29.2. The summed E-state index contributed by atoms with van der Waals surface area (Å²) < 4.78 is 16.7. The molecule has 5 aliphatic rings. The van der Waals surface area contributed by atoms with Gasteiger partial charge in [0.1, 0.15) is 91.1 Å². The van der Waals surface area contributed by atoms with Gasteiger partial charge < -0.3 is 107 Å². The number of amides is 9. The van der Waals surface area contributed by atoms with Crippen LogP contribution >= 0.6 is 0 Å². The zero-order chi connectivity index (χ0) is 63.0. The molecule has 31 heteroatoms. The van der Waals surface area contributed by atoms with E-state index in [0.717, 1.165) is 10.9 Å². The van der Waals surface area contributed by atoms with Crippen LogP contribution in [0.1, 0.15) is 77.5 Å². The van der Waals surface area contributed by atoms with Crippen molar-refractivity contribution in [3.8, 4) is 0 Å². The number of aromatic nitrogens is 3. The number of hydrogen-bond donors (Lipinski definition) is 16. The van der Waals surface area contributed by atoms with Gasteiger partial charge in [-0.3, -0.25) is 43.2 Å². The van der Waals surface area contributed by atoms with Crippen LogP contribution in [-0.2, 0) is 70.2 Å². The number of aromatic amines is 2. The Morgan fingerprint density at radius 2 is 1.36 bits per heavy atom. The summed E-state index contributed by atoms with van der Waals surface area (Å²) in [6, 6.07) is -2.37. The summed E-state index contributed by atoms with van der Waals surface area (Å²) in [7, 11) is 0. The molecule has 2 aromatic heterocycles. The Morgan fingerprint density at radius 1 is 0.701 bits per heavy atom. The van der Waals surface area contributed by atoms with Crippen LogP contribution in [0.15, 0.2) is 43.0 Å². The Labute approximate surface area is 499 Å². The quantitative estimate of drug-likeness (QED) is 0.0714. The van der Waals surface area contributed by atoms with Crippen molar-refractivity contribution in [1.29, 1.82) is 0 Å². The van der Waals surface area contributed by atoms with Gasteiger partial charge in [-0.1, -0.05) is 52.3 Å². The maximum Gasteiger partial charge on any atom is 0.246 e. The summed E-state index contributed by atoms with van der Waals surface area (Å²) in [5, 5.41) is 92.6. The molecule has 87 heavy (non-hydrogen) atoms. The third kappa shape index (κ3) is 15.2. The van der Waals surface area contributed by atoms with E-state index in [1.54, 1.807) is 33.9 Å². The summed E-state index contributed by atoms with van der Waals surface area (Å²) >= 11 is 0. The van der Waals surface area contributed by atoms with E-state index in [1.807, 2.05) is 24.3 Å². The molecule has 5 saturated heterocycles. The smallest absolute Gasteiger partial charge is 0.246 e. The molecule has 5 aliphatic heterocycles. The van der Waals surface area contributed by atoms with Crippen LogP contribution in [0.5, 0.6) is 0 Å². The predicted molar refractivity (Wildman–Crippen MR) is 300 cm³/mol. The molecule has 3 aromatic rings. The number of fused-ring (bicyclic) bond motifs is 3. The van der Waals surface area contributed by atoms with Gasteiger partial charge >= 0.3 is 0 Å². The normalized spacial score (nSPS) is 33.4. The molecule has 0 radical (unpaired) electrons. The summed E-state index contributed by atoms with van der Waals surface area (Å²) in [4.78, 5) is 143. The molecule has 0 spiro atoms. The number of H-pyrrole nitrogens is 2. The highest BCUT2D eigenvalue weighted by molar-refractivity contribution is 6.00. The Kier molecular flexibility index (Phi) is 22.1. The van der Waals surface area contributed by atoms with E-state index in [9.17, 15) is 78.9 Å². The van der Waals surface area contributed by atoms with Crippen molar-refractivity contribution in [2.24, 2.45) is 11.8 Å². The average Bonchev–Trinajstić information content (AvgIpc) is 2.75. The van der Waals surface area contributed by atoms with E-state index in [0.29, 0.717) is 24.1 Å². The van der Waals surface area contributed by atoms with Gasteiger partial charge in [0.25, 0.3) is 0 Å². The van der Waals surface area contributed by atoms with Crippen molar-refractivity contribution in [2.75, 3.05) is 32.8 Å². The number of nitrogens with one attached hydrogen (secondary N) is 9. The second-order valence-electron chi connectivity index (χ2n) is 23.1. The molecule has 8 rings (SSSR count). The number of aliphatic hydroxyl groups is 7. The monoisotopic (exact) mass is 1220 g/mol. The molecule has 7 heterocycles. The van der Waals surface area contributed by atoms with Gasteiger partial charge in [-0.05, 0) is 49.1 Å². The molecular formula is C56H80N12O19. The fraction of sp³-hybridized carbons (Fsp3) is 0.643. The number of nitrogens with zero attached hydrogens (tertiary/aromatic N) is 3. The van der Waals surface area contributed by atoms with Gasteiger partial charge in [0.15, 0.2) is 12.5 Å². The first-order chi connectivity index (χ1) is 41.5. The lowest BCUT2D eigenvalue weighted by molar-refractivity contribution is -0.343. The van der Waals surface area contributed by atoms with Gasteiger partial charge in [0.2, 0.25) is 53.2 Å². The molecule has 0 aliphatic carbocycles. The van der Waals surface area contributed by atoms with Crippen molar-refractivity contribution >= 4 is 64.1 Å². The van der Waals surface area contributed by atoms with Gasteiger partial charge in [-0.2, -0.15) is 0 Å². The van der Waals surface area contributed by atoms with Crippen LogP contribution in [0, 0.1) is 11.8 Å². The minimum Gasteiger partial charge on any atom is -0.394 e. The number of para-hydroxylation sites is 1. The fourth-order valence-corrected chi connectivity index (χ4v) is 11.6. The Bertz CT molecular complexity index is 2930. The van der Waals surface area contributed by atoms with Gasteiger partial charge in [-0.15, -0.1) is 0 Å². The highest BCUT2D eigenvalue weighted by atomic mass is 16.7. The first-order valence-electron chi connectivity index (χ1n) is 29.3. The molecule has 5 fully saturated rings. The molecule has 18 atom stereocenters. The fourth-order valence-electron chi connectivity index (χ4n) is 11.6. The zero-order valence-electron chi connectivity index (χ0n) is 48.6. The number of carbonyl (C=O) groups excluding carboxylic acids is 9. The number of hydrogen-bond acceptors (Lipinski definition) is 20. The van der Waals surface area contributed by atoms with Crippen molar-refractivity contribution in [3.05, 3.63) is 54.2 Å². The Morgan fingerprint density at radius 3 is 2.03 bits per heavy atom. The van der Waals surface area contributed by atoms with Gasteiger partial charge in [0, 0.05) is 54.9 Å². The largest absolute Gasteiger partial charge is 0.394 e. The molecule has 9 amide bonds. The molecule has 1 aromatic carbocycles. The number of imidazole rings is 1. The molecule has 1 unspecified atom stereocenters. The SMILES string of the molecule is CCC(C)[C@@H]1NC(=O)[C@H](CC(=O)N[C@@H]2O[C@H](CO)[C@@H](O[C@H]3O[C@H](CO)[C@@H](O)[C@H](O)[C@H]3O)[C@H](O)[C@H]2O)NC(=O)[C@H](C(C)C)NC(=O)CNC(=O)[C@H](Cc2cnc[nH]2)NC(=O)[C@H](Cc2c[nH]c3ccccc23)NC(=O)[C@@H]2CCCN2C(=O)[C@@H]2CCCN2C1=O. The summed E-state index contributed by atoms with van der Waals surface area (Å²) in [5.41, 5.74) is 1.82. The Hall–Kier alpha value is -7.20. The van der Waals surface area contributed by atoms with Crippen molar-refractivity contribution in [3.63, 3.8) is 0 Å². The van der Waals surface area contributed by atoms with E-state index in [4.69, 9.17) is 14.2 Å². The standard InChI is InChI=1S/C56H80N12O19/c1-5-26(4)41-55(84)68-15-9-13-35(68)54(83)67-14-8-12-34(67)51(81)62-31(16-27-19-58-30-11-7-6-10-29(27)30)49(79)61-32(17-28-20-57-24-60-28)48(78)59-21-39(72)64-40(25(2)3)52(82)63-33(50(80)66-41)18-38(71)65-53-45(76)44(75)47(37(23-70)85-53)87-56-46(77)43(74)42(73)36(22-69)86-56/h6-7,10-11,19-20,24-26,31-37,40-47,53,56,58,69-70,73-77H,5,8-9,12-18,21-23H2,1-4H3,(H,57,60)(H,59,78)(H,61,79)(H,62,81)(H,63,82)(H,64,72)(H,65,71)(H,66,80)/t26?,31-,32-,33-,34-,35-,36+,37+,40-,41-,42+,43-,44+,45+,46+,47+,53+,56+/m0/s1. The third-order valence-corrected chi connectivity index (χ3v) is 16.8. The van der Waals surface area contributed by atoms with E-state index >= 15 is 0 Å². The van der Waals surface area contributed by atoms with E-state index in [1.165, 1.54) is 22.3 Å². The molecule has 478 valence electrons. The van der Waals surface area contributed by atoms with Crippen molar-refractivity contribution < 1.29 is 93.1 Å². The molecular weight excluding hydrogens is 1140 g/mol. The number of aliphatic hydroxyl groups excluding tert-OH is 7. The van der Waals surface area contributed by atoms with E-state index in [2.05, 4.69) is 52.2 Å². The molecule has 0 bridgehead atoms. The summed E-state index contributed by atoms with van der Waals surface area (Å²) in [5.74, 6) is -9.07. The topological polar surface area (TPSA) is 458 Å². The highest BCUT2D eigenvalue weighted by Gasteiger charge is 2.52. The zero-order valence-corrected chi connectivity index (χ0v) is 48.6. The van der Waals surface area contributed by atoms with Gasteiger partial charge in [0.05, 0.1) is 32.5 Å². The summed E-state index contributed by atoms with van der Waals surface area (Å²) in [6.45, 7) is 4.17. The first-order valence-corrected chi connectivity index (χ1v) is 29.3. The third-order valence-electron chi connectivity index (χ3n) is 16.8. The number of carbonyl (C=O) groups is 9. The minimum atomic E-state index is -2.09. The predicted octanol–water partition coefficient (Wildman–Crippen LogP) is -5.96. The maximum atomic E-state index is 15.0. The van der Waals surface area contributed by atoms with Crippen LogP contribution in [0.2, 0.25) is 0 Å². The lowest BCUT2D eigenvalue weighted by atomic mass is 9.96.